The lowest BCUT2D eigenvalue weighted by atomic mass is 9.85. The van der Waals surface area contributed by atoms with E-state index in [0.29, 0.717) is 6.42 Å². The van der Waals surface area contributed by atoms with E-state index in [1.54, 1.807) is 6.92 Å². The Labute approximate surface area is 86.7 Å². The second-order valence-corrected chi connectivity index (χ2v) is 4.23. The lowest BCUT2D eigenvalue weighted by molar-refractivity contribution is -0.147. The summed E-state index contributed by atoms with van der Waals surface area (Å²) in [5.41, 5.74) is 4.75. The summed E-state index contributed by atoms with van der Waals surface area (Å²) in [6.07, 6.45) is 6.45. The molecule has 0 radical (unpaired) electrons. The molecule has 0 aromatic rings. The van der Waals surface area contributed by atoms with Gasteiger partial charge in [0.1, 0.15) is 0 Å². The van der Waals surface area contributed by atoms with Gasteiger partial charge in [-0.15, -0.1) is 0 Å². The first-order valence-electron chi connectivity index (χ1n) is 5.50. The zero-order valence-corrected chi connectivity index (χ0v) is 9.38. The van der Waals surface area contributed by atoms with Gasteiger partial charge in [-0.2, -0.15) is 0 Å². The molecule has 0 aliphatic heterocycles. The van der Waals surface area contributed by atoms with Crippen LogP contribution in [0.5, 0.6) is 0 Å². The molecule has 14 heavy (non-hydrogen) atoms. The van der Waals surface area contributed by atoms with Crippen LogP contribution >= 0.6 is 0 Å². The van der Waals surface area contributed by atoms with E-state index in [1.807, 2.05) is 0 Å². The molecule has 3 N–H and O–H groups in total. The van der Waals surface area contributed by atoms with Gasteiger partial charge in [-0.25, -0.2) is 0 Å². The smallest absolute Gasteiger partial charge is 0.310 e. The van der Waals surface area contributed by atoms with Gasteiger partial charge in [-0.1, -0.05) is 39.0 Å². The summed E-state index contributed by atoms with van der Waals surface area (Å²) < 4.78 is 0. The van der Waals surface area contributed by atoms with Crippen molar-refractivity contribution in [1.82, 2.24) is 0 Å². The molecule has 0 saturated carbocycles. The van der Waals surface area contributed by atoms with E-state index in [2.05, 4.69) is 6.92 Å². The minimum atomic E-state index is -0.768. The molecule has 0 saturated heterocycles. The van der Waals surface area contributed by atoms with Crippen molar-refractivity contribution in [2.24, 2.45) is 11.1 Å². The van der Waals surface area contributed by atoms with Crippen LogP contribution in [0.25, 0.3) is 0 Å². The average molecular weight is 201 g/mol. The first-order valence-corrected chi connectivity index (χ1v) is 5.50. The highest BCUT2D eigenvalue weighted by molar-refractivity contribution is 5.74. The number of nitrogens with two attached hydrogens (primary N) is 1. The summed E-state index contributed by atoms with van der Waals surface area (Å²) >= 11 is 0. The SMILES string of the molecule is CCCCCCCC(C)(CN)C(=O)O. The first-order chi connectivity index (χ1) is 6.56. The van der Waals surface area contributed by atoms with E-state index >= 15 is 0 Å². The van der Waals surface area contributed by atoms with E-state index in [1.165, 1.54) is 19.3 Å². The molecule has 0 rings (SSSR count). The van der Waals surface area contributed by atoms with Gasteiger partial charge in [0.25, 0.3) is 0 Å². The zero-order chi connectivity index (χ0) is 11.0. The van der Waals surface area contributed by atoms with Crippen LogP contribution in [0.4, 0.5) is 0 Å². The van der Waals surface area contributed by atoms with Crippen molar-refractivity contribution in [1.29, 1.82) is 0 Å². The largest absolute Gasteiger partial charge is 0.481 e. The van der Waals surface area contributed by atoms with E-state index in [0.717, 1.165) is 12.8 Å². The van der Waals surface area contributed by atoms with E-state index in [9.17, 15) is 4.79 Å². The van der Waals surface area contributed by atoms with Crippen LogP contribution < -0.4 is 5.73 Å². The molecule has 1 unspecified atom stereocenters. The normalized spacial score (nSPS) is 15.1. The molecule has 3 nitrogen and oxygen atoms in total. The lowest BCUT2D eigenvalue weighted by Crippen LogP contribution is -2.35. The second kappa shape index (κ2) is 6.82. The van der Waals surface area contributed by atoms with Gasteiger partial charge in [0.15, 0.2) is 0 Å². The first kappa shape index (κ1) is 13.4. The molecule has 0 aliphatic carbocycles. The van der Waals surface area contributed by atoms with E-state index in [-0.39, 0.29) is 6.54 Å². The molecule has 0 aromatic carbocycles. The quantitative estimate of drug-likeness (QED) is 0.593. The van der Waals surface area contributed by atoms with Crippen molar-refractivity contribution >= 4 is 5.97 Å². The van der Waals surface area contributed by atoms with Gasteiger partial charge in [0.2, 0.25) is 0 Å². The van der Waals surface area contributed by atoms with Crippen molar-refractivity contribution in [3.63, 3.8) is 0 Å². The number of carbonyl (C=O) groups is 1. The summed E-state index contributed by atoms with van der Waals surface area (Å²) in [7, 11) is 0. The van der Waals surface area contributed by atoms with Crippen LogP contribution in [-0.4, -0.2) is 17.6 Å². The third-order valence-corrected chi connectivity index (χ3v) is 2.80. The van der Waals surface area contributed by atoms with Crippen LogP contribution in [0.1, 0.15) is 52.4 Å². The van der Waals surface area contributed by atoms with Gasteiger partial charge in [-0.3, -0.25) is 4.79 Å². The van der Waals surface area contributed by atoms with Crippen LogP contribution in [0.2, 0.25) is 0 Å². The van der Waals surface area contributed by atoms with Crippen LogP contribution in [0.15, 0.2) is 0 Å². The lowest BCUT2D eigenvalue weighted by Gasteiger charge is -2.22. The number of carboxylic acid groups (broad SMARTS) is 1. The molecule has 0 aliphatic rings. The molecular weight excluding hydrogens is 178 g/mol. The van der Waals surface area contributed by atoms with Gasteiger partial charge in [-0.05, 0) is 13.3 Å². The summed E-state index contributed by atoms with van der Waals surface area (Å²) in [6.45, 7) is 4.13. The Morgan fingerprint density at radius 1 is 1.29 bits per heavy atom. The average Bonchev–Trinajstić information content (AvgIpc) is 2.17. The summed E-state index contributed by atoms with van der Waals surface area (Å²) in [6, 6.07) is 0. The summed E-state index contributed by atoms with van der Waals surface area (Å²) in [5.74, 6) is -0.768. The zero-order valence-electron chi connectivity index (χ0n) is 9.38. The fourth-order valence-electron chi connectivity index (χ4n) is 1.42. The predicted octanol–water partition coefficient (Wildman–Crippen LogP) is 2.40. The maximum Gasteiger partial charge on any atom is 0.310 e. The molecular formula is C11H23NO2. The van der Waals surface area contributed by atoms with Crippen molar-refractivity contribution in [2.45, 2.75) is 52.4 Å². The minimum Gasteiger partial charge on any atom is -0.481 e. The number of rotatable bonds is 8. The topological polar surface area (TPSA) is 63.3 Å². The number of carboxylic acids is 1. The Balaban J connectivity index is 3.68. The molecule has 0 spiro atoms. The Kier molecular flexibility index (Phi) is 6.54. The Bertz CT molecular complexity index is 171. The standard InChI is InChI=1S/C11H23NO2/c1-3-4-5-6-7-8-11(2,9-12)10(13)14/h3-9,12H2,1-2H3,(H,13,14). The minimum absolute atomic E-state index is 0.232. The molecule has 0 aromatic heterocycles. The molecule has 0 bridgehead atoms. The fourth-order valence-corrected chi connectivity index (χ4v) is 1.42. The number of hydrogen-bond acceptors (Lipinski definition) is 2. The monoisotopic (exact) mass is 201 g/mol. The second-order valence-electron chi connectivity index (χ2n) is 4.23. The molecule has 1 atom stereocenters. The van der Waals surface area contributed by atoms with Crippen LogP contribution in [0, 0.1) is 5.41 Å². The Morgan fingerprint density at radius 3 is 2.29 bits per heavy atom. The molecule has 0 fully saturated rings. The van der Waals surface area contributed by atoms with Crippen molar-refractivity contribution < 1.29 is 9.90 Å². The fraction of sp³-hybridized carbons (Fsp3) is 0.909. The Morgan fingerprint density at radius 2 is 1.86 bits per heavy atom. The summed E-state index contributed by atoms with van der Waals surface area (Å²) in [4.78, 5) is 10.9. The van der Waals surface area contributed by atoms with Gasteiger partial charge < -0.3 is 10.8 Å². The molecule has 3 heteroatoms. The van der Waals surface area contributed by atoms with Gasteiger partial charge >= 0.3 is 5.97 Å². The third-order valence-electron chi connectivity index (χ3n) is 2.80. The number of unbranched alkanes of at least 4 members (excludes halogenated alkanes) is 4. The van der Waals surface area contributed by atoms with E-state index < -0.39 is 11.4 Å². The molecule has 0 heterocycles. The highest BCUT2D eigenvalue weighted by Gasteiger charge is 2.30. The molecule has 0 amide bonds. The maximum absolute atomic E-state index is 10.9. The number of hydrogen-bond donors (Lipinski definition) is 2. The highest BCUT2D eigenvalue weighted by Crippen LogP contribution is 2.23. The van der Waals surface area contributed by atoms with Crippen molar-refractivity contribution in [3.8, 4) is 0 Å². The van der Waals surface area contributed by atoms with Crippen molar-refractivity contribution in [2.75, 3.05) is 6.54 Å². The van der Waals surface area contributed by atoms with Crippen LogP contribution in [-0.2, 0) is 4.79 Å². The summed E-state index contributed by atoms with van der Waals surface area (Å²) in [5, 5.41) is 8.96. The van der Waals surface area contributed by atoms with Crippen molar-refractivity contribution in [3.05, 3.63) is 0 Å². The van der Waals surface area contributed by atoms with Gasteiger partial charge in [0, 0.05) is 6.54 Å². The van der Waals surface area contributed by atoms with Crippen LogP contribution in [0.3, 0.4) is 0 Å². The molecule has 84 valence electrons. The third kappa shape index (κ3) is 4.61. The maximum atomic E-state index is 10.9. The number of aliphatic carboxylic acids is 1. The highest BCUT2D eigenvalue weighted by atomic mass is 16.4. The Hall–Kier alpha value is -0.570. The predicted molar refractivity (Wildman–Crippen MR) is 58.2 cm³/mol. The van der Waals surface area contributed by atoms with E-state index in [4.69, 9.17) is 10.8 Å². The van der Waals surface area contributed by atoms with Gasteiger partial charge in [0.05, 0.1) is 5.41 Å².